The number of rotatable bonds is 8. The van der Waals surface area contributed by atoms with Crippen molar-refractivity contribution in [3.8, 4) is 17.4 Å². The molecule has 3 aromatic rings. The van der Waals surface area contributed by atoms with Gasteiger partial charge in [-0.25, -0.2) is 14.6 Å². The molecule has 1 heterocycles. The van der Waals surface area contributed by atoms with Crippen LogP contribution in [0.4, 0.5) is 4.79 Å². The molecule has 8 heteroatoms. The molecule has 200 valence electrons. The maximum absolute atomic E-state index is 11.9. The number of nitrogens with zero attached hydrogens (tertiary/aromatic N) is 1. The topological polar surface area (TPSA) is 107 Å². The second-order valence-corrected chi connectivity index (χ2v) is 11.0. The van der Waals surface area contributed by atoms with Crippen molar-refractivity contribution in [1.82, 2.24) is 10.3 Å². The van der Waals surface area contributed by atoms with Gasteiger partial charge in [-0.15, -0.1) is 0 Å². The maximum Gasteiger partial charge on any atom is 0.407 e. The maximum atomic E-state index is 11.9. The van der Waals surface area contributed by atoms with Gasteiger partial charge in [-0.05, 0) is 62.2 Å². The number of hydrogen-bond acceptors (Lipinski definition) is 6. The zero-order valence-electron chi connectivity index (χ0n) is 22.4. The van der Waals surface area contributed by atoms with Crippen molar-refractivity contribution in [2.75, 3.05) is 0 Å². The number of ether oxygens (including phenoxy) is 3. The number of aromatic carboxylic acids is 1. The van der Waals surface area contributed by atoms with Crippen LogP contribution in [-0.4, -0.2) is 39.9 Å². The van der Waals surface area contributed by atoms with Crippen LogP contribution in [0.5, 0.6) is 17.4 Å². The van der Waals surface area contributed by atoms with E-state index in [1.807, 2.05) is 57.2 Å². The molecule has 1 fully saturated rings. The highest BCUT2D eigenvalue weighted by atomic mass is 16.6. The van der Waals surface area contributed by atoms with Crippen LogP contribution in [0.3, 0.4) is 0 Å². The highest BCUT2D eigenvalue weighted by molar-refractivity contribution is 5.85. The van der Waals surface area contributed by atoms with E-state index in [2.05, 4.69) is 36.3 Å². The summed E-state index contributed by atoms with van der Waals surface area (Å²) in [7, 11) is 0. The number of carbonyl (C=O) groups is 2. The normalized spacial score (nSPS) is 17.2. The second kappa shape index (κ2) is 10.7. The quantitative estimate of drug-likeness (QED) is 0.359. The Kier molecular flexibility index (Phi) is 7.62. The first-order valence-electron chi connectivity index (χ1n) is 12.6. The lowest BCUT2D eigenvalue weighted by molar-refractivity contribution is 0.0362. The summed E-state index contributed by atoms with van der Waals surface area (Å²) < 4.78 is 17.1. The third-order valence-corrected chi connectivity index (χ3v) is 6.44. The Balaban J connectivity index is 1.31. The third-order valence-electron chi connectivity index (χ3n) is 6.44. The van der Waals surface area contributed by atoms with Gasteiger partial charge in [-0.1, -0.05) is 44.2 Å². The van der Waals surface area contributed by atoms with Gasteiger partial charge in [0.1, 0.15) is 23.2 Å². The number of carboxylic acids is 1. The van der Waals surface area contributed by atoms with Gasteiger partial charge >= 0.3 is 12.1 Å². The molecule has 0 spiro atoms. The van der Waals surface area contributed by atoms with E-state index in [0.29, 0.717) is 5.75 Å². The number of alkyl carbamates (subject to hydrolysis) is 1. The highest BCUT2D eigenvalue weighted by Crippen LogP contribution is 2.35. The number of benzene rings is 2. The van der Waals surface area contributed by atoms with Crippen LogP contribution in [0.15, 0.2) is 66.7 Å². The molecule has 1 saturated carbocycles. The van der Waals surface area contributed by atoms with Gasteiger partial charge in [0.2, 0.25) is 5.88 Å². The summed E-state index contributed by atoms with van der Waals surface area (Å²) in [4.78, 5) is 27.0. The second-order valence-electron chi connectivity index (χ2n) is 11.0. The molecule has 0 radical (unpaired) electrons. The van der Waals surface area contributed by atoms with Crippen LogP contribution in [0, 0.1) is 0 Å². The van der Waals surface area contributed by atoms with Crippen molar-refractivity contribution in [2.24, 2.45) is 0 Å². The van der Waals surface area contributed by atoms with Crippen molar-refractivity contribution >= 4 is 12.1 Å². The standard InChI is InChI=1S/C30H34N2O6/c1-29(2,3)38-28(35)31-21-17-24(18-21)36-22-13-9-19(10-14-22)30(4,5)20-11-15-23(16-12-20)37-26-8-6-7-25(32-26)27(33)34/h6-16,21,24H,17-18H2,1-5H3,(H,31,35)(H,33,34). The zero-order valence-corrected chi connectivity index (χ0v) is 22.4. The minimum absolute atomic E-state index is 0.0621. The molecule has 8 nitrogen and oxygen atoms in total. The molecule has 1 amide bonds. The van der Waals surface area contributed by atoms with Crippen LogP contribution in [-0.2, 0) is 10.2 Å². The Labute approximate surface area is 223 Å². The van der Waals surface area contributed by atoms with Crippen molar-refractivity contribution in [1.29, 1.82) is 0 Å². The molecule has 0 unspecified atom stereocenters. The Morgan fingerprint density at radius 1 is 0.868 bits per heavy atom. The first-order chi connectivity index (χ1) is 17.9. The fraction of sp³-hybridized carbons (Fsp3) is 0.367. The smallest absolute Gasteiger partial charge is 0.407 e. The van der Waals surface area contributed by atoms with E-state index in [-0.39, 0.29) is 29.1 Å². The van der Waals surface area contributed by atoms with Gasteiger partial charge in [0.05, 0.1) is 0 Å². The van der Waals surface area contributed by atoms with Crippen molar-refractivity contribution in [3.05, 3.63) is 83.6 Å². The Morgan fingerprint density at radius 3 is 2.00 bits per heavy atom. The van der Waals surface area contributed by atoms with E-state index in [1.54, 1.807) is 12.1 Å². The number of amides is 1. The summed E-state index contributed by atoms with van der Waals surface area (Å²) in [6.45, 7) is 9.83. The summed E-state index contributed by atoms with van der Waals surface area (Å²) in [5.74, 6) is 0.496. The predicted octanol–water partition coefficient (Wildman–Crippen LogP) is 6.33. The molecule has 2 N–H and O–H groups in total. The van der Waals surface area contributed by atoms with Crippen LogP contribution in [0.1, 0.15) is 69.1 Å². The fourth-order valence-corrected chi connectivity index (χ4v) is 4.21. The summed E-state index contributed by atoms with van der Waals surface area (Å²) in [6, 6.07) is 20.5. The number of pyridine rings is 1. The Bertz CT molecular complexity index is 1270. The van der Waals surface area contributed by atoms with E-state index < -0.39 is 17.7 Å². The molecule has 2 aromatic carbocycles. The average molecular weight is 519 g/mol. The molecule has 0 saturated heterocycles. The van der Waals surface area contributed by atoms with E-state index >= 15 is 0 Å². The predicted molar refractivity (Wildman–Crippen MR) is 143 cm³/mol. The van der Waals surface area contributed by atoms with E-state index in [0.717, 1.165) is 29.7 Å². The minimum Gasteiger partial charge on any atom is -0.490 e. The van der Waals surface area contributed by atoms with Crippen LogP contribution in [0.2, 0.25) is 0 Å². The van der Waals surface area contributed by atoms with Crippen LogP contribution >= 0.6 is 0 Å². The summed E-state index contributed by atoms with van der Waals surface area (Å²) in [5, 5.41) is 12.0. The molecule has 1 aliphatic rings. The lowest BCUT2D eigenvalue weighted by atomic mass is 9.78. The van der Waals surface area contributed by atoms with Gasteiger partial charge in [0.15, 0.2) is 5.69 Å². The molecular formula is C30H34N2O6. The first kappa shape index (κ1) is 27.0. The fourth-order valence-electron chi connectivity index (χ4n) is 4.21. The van der Waals surface area contributed by atoms with Crippen molar-refractivity contribution in [3.63, 3.8) is 0 Å². The first-order valence-corrected chi connectivity index (χ1v) is 12.6. The monoisotopic (exact) mass is 518 g/mol. The lowest BCUT2D eigenvalue weighted by Gasteiger charge is -2.36. The Morgan fingerprint density at radius 2 is 1.45 bits per heavy atom. The van der Waals surface area contributed by atoms with Crippen LogP contribution < -0.4 is 14.8 Å². The average Bonchev–Trinajstić information content (AvgIpc) is 2.82. The Hall–Kier alpha value is -4.07. The summed E-state index contributed by atoms with van der Waals surface area (Å²) in [6.07, 6.45) is 1.16. The van der Waals surface area contributed by atoms with Gasteiger partial charge in [0, 0.05) is 30.4 Å². The van der Waals surface area contributed by atoms with E-state index in [1.165, 1.54) is 6.07 Å². The number of hydrogen-bond donors (Lipinski definition) is 2. The molecule has 0 aliphatic heterocycles. The van der Waals surface area contributed by atoms with Gasteiger partial charge in [-0.3, -0.25) is 0 Å². The SMILES string of the molecule is CC(C)(C)OC(=O)NC1CC(Oc2ccc(C(C)(C)c3ccc(Oc4cccc(C(=O)O)n4)cc3)cc2)C1. The summed E-state index contributed by atoms with van der Waals surface area (Å²) in [5.41, 5.74) is 1.38. The largest absolute Gasteiger partial charge is 0.490 e. The van der Waals surface area contributed by atoms with Gasteiger partial charge in [0.25, 0.3) is 0 Å². The molecule has 0 atom stereocenters. The van der Waals surface area contributed by atoms with Crippen molar-refractivity contribution in [2.45, 2.75) is 70.6 Å². The molecule has 1 aliphatic carbocycles. The van der Waals surface area contributed by atoms with Gasteiger partial charge in [-0.2, -0.15) is 0 Å². The summed E-state index contributed by atoms with van der Waals surface area (Å²) >= 11 is 0. The van der Waals surface area contributed by atoms with E-state index in [9.17, 15) is 9.59 Å². The third kappa shape index (κ3) is 6.82. The van der Waals surface area contributed by atoms with Gasteiger partial charge < -0.3 is 24.6 Å². The number of aromatic nitrogens is 1. The highest BCUT2D eigenvalue weighted by Gasteiger charge is 2.33. The molecule has 1 aromatic heterocycles. The van der Waals surface area contributed by atoms with Crippen LogP contribution in [0.25, 0.3) is 0 Å². The molecule has 0 bridgehead atoms. The number of carboxylic acid groups (broad SMARTS) is 1. The minimum atomic E-state index is -1.10. The lowest BCUT2D eigenvalue weighted by Crippen LogP contribution is -2.50. The molecular weight excluding hydrogens is 484 g/mol. The zero-order chi connectivity index (χ0) is 27.5. The molecule has 38 heavy (non-hydrogen) atoms. The molecule has 4 rings (SSSR count). The van der Waals surface area contributed by atoms with Crippen molar-refractivity contribution < 1.29 is 28.9 Å². The number of carbonyl (C=O) groups excluding carboxylic acids is 1. The number of nitrogens with one attached hydrogen (secondary N) is 1. The van der Waals surface area contributed by atoms with E-state index in [4.69, 9.17) is 19.3 Å².